The summed E-state index contributed by atoms with van der Waals surface area (Å²) in [4.78, 5) is 11.9. The fourth-order valence-corrected chi connectivity index (χ4v) is 4.47. The molecule has 1 aromatic heterocycles. The summed E-state index contributed by atoms with van der Waals surface area (Å²) in [5, 5.41) is 1.02. The highest BCUT2D eigenvalue weighted by molar-refractivity contribution is 5.93. The summed E-state index contributed by atoms with van der Waals surface area (Å²) in [5.41, 5.74) is 5.51. The molecule has 3 aromatic carbocycles. The van der Waals surface area contributed by atoms with Crippen LogP contribution in [0.3, 0.4) is 0 Å². The first kappa shape index (κ1) is 23.9. The predicted octanol–water partition coefficient (Wildman–Crippen LogP) is 5.08. The number of morpholine rings is 1. The van der Waals surface area contributed by atoms with Crippen LogP contribution in [0.4, 0.5) is 5.82 Å². The lowest BCUT2D eigenvalue weighted by atomic mass is 10.0. The van der Waals surface area contributed by atoms with Crippen LogP contribution in [0.15, 0.2) is 60.7 Å². The average Bonchev–Trinajstić information content (AvgIpc) is 2.92. The van der Waals surface area contributed by atoms with E-state index in [0.29, 0.717) is 43.8 Å². The summed E-state index contributed by atoms with van der Waals surface area (Å²) in [6.07, 6.45) is 0.695. The van der Waals surface area contributed by atoms with E-state index in [0.717, 1.165) is 40.9 Å². The smallest absolute Gasteiger partial charge is 0.318 e. The molecule has 0 unspecified atom stereocenters. The number of anilines is 1. The number of hydrogen-bond acceptors (Lipinski definition) is 7. The zero-order valence-corrected chi connectivity index (χ0v) is 21.0. The molecule has 186 valence electrons. The third-order valence-corrected chi connectivity index (χ3v) is 6.39. The van der Waals surface area contributed by atoms with Gasteiger partial charge in [-0.3, -0.25) is 0 Å². The van der Waals surface area contributed by atoms with Crippen LogP contribution in [0, 0.1) is 6.92 Å². The van der Waals surface area contributed by atoms with Crippen LogP contribution in [-0.2, 0) is 11.2 Å². The maximum absolute atomic E-state index is 6.06. The van der Waals surface area contributed by atoms with E-state index >= 15 is 0 Å². The minimum absolute atomic E-state index is 0.382. The van der Waals surface area contributed by atoms with Crippen LogP contribution in [0.2, 0.25) is 0 Å². The molecule has 0 aliphatic carbocycles. The molecule has 7 heteroatoms. The van der Waals surface area contributed by atoms with Gasteiger partial charge in [-0.25, -0.2) is 0 Å². The number of methoxy groups -OCH3 is 2. The summed E-state index contributed by atoms with van der Waals surface area (Å²) < 4.78 is 22.4. The first-order valence-electron chi connectivity index (χ1n) is 12.2. The van der Waals surface area contributed by atoms with Crippen molar-refractivity contribution in [2.45, 2.75) is 13.3 Å². The maximum Gasteiger partial charge on any atom is 0.318 e. The van der Waals surface area contributed by atoms with Crippen molar-refractivity contribution in [3.8, 4) is 28.6 Å². The van der Waals surface area contributed by atoms with Crippen molar-refractivity contribution < 1.29 is 18.9 Å². The van der Waals surface area contributed by atoms with Gasteiger partial charge < -0.3 is 23.8 Å². The highest BCUT2D eigenvalue weighted by atomic mass is 16.5. The number of benzene rings is 3. The van der Waals surface area contributed by atoms with Crippen LogP contribution >= 0.6 is 0 Å². The van der Waals surface area contributed by atoms with Gasteiger partial charge in [0, 0.05) is 24.9 Å². The lowest BCUT2D eigenvalue weighted by molar-refractivity contribution is 0.122. The van der Waals surface area contributed by atoms with Gasteiger partial charge in [0.15, 0.2) is 11.5 Å². The molecule has 1 saturated heterocycles. The fourth-order valence-electron chi connectivity index (χ4n) is 4.47. The van der Waals surface area contributed by atoms with Gasteiger partial charge in [-0.05, 0) is 47.9 Å². The van der Waals surface area contributed by atoms with E-state index in [-0.39, 0.29) is 0 Å². The number of aryl methyl sites for hydroxylation is 1. The summed E-state index contributed by atoms with van der Waals surface area (Å²) >= 11 is 0. The highest BCUT2D eigenvalue weighted by Crippen LogP contribution is 2.32. The zero-order valence-electron chi connectivity index (χ0n) is 21.0. The summed E-state index contributed by atoms with van der Waals surface area (Å²) in [7, 11) is 3.27. The third-order valence-electron chi connectivity index (χ3n) is 6.39. The Balaban J connectivity index is 1.42. The van der Waals surface area contributed by atoms with E-state index in [2.05, 4.69) is 54.3 Å². The van der Waals surface area contributed by atoms with Gasteiger partial charge in [0.1, 0.15) is 5.82 Å². The van der Waals surface area contributed by atoms with Gasteiger partial charge >= 0.3 is 6.01 Å². The van der Waals surface area contributed by atoms with Crippen LogP contribution < -0.4 is 19.1 Å². The molecule has 4 aromatic rings. The lowest BCUT2D eigenvalue weighted by Crippen LogP contribution is -2.37. The number of aromatic nitrogens is 2. The average molecular weight is 486 g/mol. The summed E-state index contributed by atoms with van der Waals surface area (Å²) in [6, 6.07) is 21.1. The van der Waals surface area contributed by atoms with Crippen molar-refractivity contribution in [2.24, 2.45) is 0 Å². The molecule has 0 N–H and O–H groups in total. The Morgan fingerprint density at radius 3 is 2.44 bits per heavy atom. The van der Waals surface area contributed by atoms with Crippen molar-refractivity contribution in [1.29, 1.82) is 0 Å². The Kier molecular flexibility index (Phi) is 7.18. The van der Waals surface area contributed by atoms with Crippen molar-refractivity contribution in [2.75, 3.05) is 52.0 Å². The van der Waals surface area contributed by atoms with E-state index < -0.39 is 0 Å². The van der Waals surface area contributed by atoms with Gasteiger partial charge in [-0.1, -0.05) is 42.0 Å². The highest BCUT2D eigenvalue weighted by Gasteiger charge is 2.19. The lowest BCUT2D eigenvalue weighted by Gasteiger charge is -2.29. The topological polar surface area (TPSA) is 65.9 Å². The maximum atomic E-state index is 6.06. The van der Waals surface area contributed by atoms with Gasteiger partial charge in [0.2, 0.25) is 0 Å². The van der Waals surface area contributed by atoms with Crippen molar-refractivity contribution >= 4 is 16.7 Å². The Morgan fingerprint density at radius 1 is 0.861 bits per heavy atom. The van der Waals surface area contributed by atoms with Crippen LogP contribution in [-0.4, -0.2) is 57.1 Å². The molecular formula is C29H31N3O4. The van der Waals surface area contributed by atoms with Crippen LogP contribution in [0.5, 0.6) is 17.5 Å². The number of ether oxygens (including phenoxy) is 4. The molecule has 0 atom stereocenters. The van der Waals surface area contributed by atoms with E-state index in [9.17, 15) is 0 Å². The predicted molar refractivity (Wildman–Crippen MR) is 141 cm³/mol. The molecule has 1 aliphatic rings. The molecule has 1 fully saturated rings. The Bertz CT molecular complexity index is 1350. The van der Waals surface area contributed by atoms with E-state index in [4.69, 9.17) is 28.9 Å². The molecule has 1 aliphatic heterocycles. The molecule has 0 saturated carbocycles. The van der Waals surface area contributed by atoms with Crippen LogP contribution in [0.25, 0.3) is 22.0 Å². The SMILES string of the molecule is COc1ccc(CCOc2nc(N3CCOCC3)c3cc(-c4cccc(C)c4)ccc3n2)cc1OC. The van der Waals surface area contributed by atoms with E-state index in [1.807, 2.05) is 18.2 Å². The Hall–Kier alpha value is -3.84. The third kappa shape index (κ3) is 5.21. The van der Waals surface area contributed by atoms with Crippen LogP contribution in [0.1, 0.15) is 11.1 Å². The van der Waals surface area contributed by atoms with Crippen molar-refractivity contribution in [3.05, 3.63) is 71.8 Å². The number of hydrogen-bond donors (Lipinski definition) is 0. The van der Waals surface area contributed by atoms with Crippen molar-refractivity contribution in [1.82, 2.24) is 9.97 Å². The van der Waals surface area contributed by atoms with E-state index in [1.165, 1.54) is 11.1 Å². The molecule has 0 bridgehead atoms. The quantitative estimate of drug-likeness (QED) is 0.345. The summed E-state index contributed by atoms with van der Waals surface area (Å²) in [5.74, 6) is 2.30. The number of rotatable bonds is 8. The molecule has 5 rings (SSSR count). The molecule has 7 nitrogen and oxygen atoms in total. The molecule has 2 heterocycles. The molecule has 0 radical (unpaired) electrons. The van der Waals surface area contributed by atoms with Gasteiger partial charge in [-0.15, -0.1) is 0 Å². The minimum atomic E-state index is 0.382. The normalized spacial score (nSPS) is 13.6. The van der Waals surface area contributed by atoms with Gasteiger partial charge in [-0.2, -0.15) is 9.97 Å². The van der Waals surface area contributed by atoms with Gasteiger partial charge in [0.25, 0.3) is 0 Å². The fraction of sp³-hybridized carbons (Fsp3) is 0.310. The zero-order chi connectivity index (χ0) is 24.9. The number of fused-ring (bicyclic) bond motifs is 1. The molecule has 36 heavy (non-hydrogen) atoms. The monoisotopic (exact) mass is 485 g/mol. The Labute approximate surface area is 211 Å². The summed E-state index contributed by atoms with van der Waals surface area (Å²) in [6.45, 7) is 5.48. The molecule has 0 amide bonds. The largest absolute Gasteiger partial charge is 0.493 e. The first-order chi connectivity index (χ1) is 17.6. The second kappa shape index (κ2) is 10.8. The molecule has 0 spiro atoms. The Morgan fingerprint density at radius 2 is 1.67 bits per heavy atom. The first-order valence-corrected chi connectivity index (χ1v) is 12.2. The second-order valence-electron chi connectivity index (χ2n) is 8.82. The minimum Gasteiger partial charge on any atom is -0.493 e. The molecular weight excluding hydrogens is 454 g/mol. The van der Waals surface area contributed by atoms with E-state index in [1.54, 1.807) is 14.2 Å². The second-order valence-corrected chi connectivity index (χ2v) is 8.82. The number of nitrogens with zero attached hydrogens (tertiary/aromatic N) is 3. The standard InChI is InChI=1S/C29H31N3O4/c1-20-5-4-6-22(17-20)23-8-9-25-24(19-23)28(32-12-15-35-16-13-32)31-29(30-25)36-14-11-21-7-10-26(33-2)27(18-21)34-3/h4-10,17-19H,11-16H2,1-3H3. The van der Waals surface area contributed by atoms with Gasteiger partial charge in [0.05, 0.1) is 39.6 Å². The van der Waals surface area contributed by atoms with Crippen molar-refractivity contribution in [3.63, 3.8) is 0 Å².